The molecule has 287 valence electrons. The molecule has 2 aromatic heterocycles. The number of nitrogens with zero attached hydrogens (tertiary/aromatic N) is 5. The Labute approximate surface area is 313 Å². The van der Waals surface area contributed by atoms with Crippen LogP contribution in [0.1, 0.15) is 108 Å². The normalized spacial score (nSPS) is 12.1. The summed E-state index contributed by atoms with van der Waals surface area (Å²) in [6.07, 6.45) is 18.3. The first kappa shape index (κ1) is 45.2. The number of carbonyl (C=O) groups excluding carboxylic acids is 2. The molecule has 0 saturated heterocycles. The Bertz CT molecular complexity index is 1290. The van der Waals surface area contributed by atoms with E-state index in [-0.39, 0.29) is 38.9 Å². The predicted molar refractivity (Wildman–Crippen MR) is 185 cm³/mol. The number of aryl methyl sites for hydroxylation is 2. The number of unbranched alkanes of at least 4 members (excludes halogenated alkanes) is 9. The Hall–Kier alpha value is -3.82. The molecule has 0 aliphatic heterocycles. The number of carbonyl (C=O) groups is 5. The van der Waals surface area contributed by atoms with E-state index in [9.17, 15) is 29.1 Å². The van der Waals surface area contributed by atoms with Gasteiger partial charge in [-0.05, 0) is 45.1 Å². The number of aromatic nitrogens is 4. The van der Waals surface area contributed by atoms with Crippen LogP contribution in [-0.2, 0) is 66.5 Å². The fourth-order valence-electron chi connectivity index (χ4n) is 5.50. The molecule has 2 aromatic rings. The zero-order valence-electron chi connectivity index (χ0n) is 29.9. The van der Waals surface area contributed by atoms with Crippen LogP contribution in [0.25, 0.3) is 0 Å². The number of rotatable bonds is 28. The summed E-state index contributed by atoms with van der Waals surface area (Å²) in [7, 11) is 4.04. The number of amides is 3. The van der Waals surface area contributed by atoms with Crippen LogP contribution in [0.5, 0.6) is 0 Å². The molecule has 0 aliphatic carbocycles. The summed E-state index contributed by atoms with van der Waals surface area (Å²) < 4.78 is 4.12. The summed E-state index contributed by atoms with van der Waals surface area (Å²) in [5.74, 6) is -1.86. The van der Waals surface area contributed by atoms with Crippen LogP contribution >= 0.6 is 0 Å². The van der Waals surface area contributed by atoms with Gasteiger partial charge in [-0.3, -0.25) is 14.5 Å². The number of hydrogen-bond donors (Lipinski definition) is 6. The molecule has 0 bridgehead atoms. The summed E-state index contributed by atoms with van der Waals surface area (Å²) in [6.45, 7) is 2.97. The Kier molecular flexibility index (Phi) is 23.1. The standard InChI is InChI=1S/C34H56N8O8.Tc/c1-40-22-19-35-28(40)24-42(25-29-36-20-23-41(29)2)21-13-9-7-5-3-4-6-8-10-15-30(43)37-18-12-11-14-26(32(46)47)38-34(50)39-27(33(48)49)16-17-31(44)45;/h19-20,22-23,26-27H,3-18,21,24-25H2,1-2H3,(H,37,43)(H,44,45)(H,46,47)(H,48,49)(H2,38,39,50);/t26-,27-;/m0./s1. The van der Waals surface area contributed by atoms with Crippen molar-refractivity contribution in [1.82, 2.24) is 40.0 Å². The fraction of sp³-hybridized carbons (Fsp3) is 0.676. The minimum atomic E-state index is -1.46. The van der Waals surface area contributed by atoms with E-state index < -0.39 is 42.4 Å². The number of carboxylic acids is 3. The molecule has 1 radical (unpaired) electrons. The third kappa shape index (κ3) is 20.0. The molecule has 0 spiro atoms. The molecule has 17 heteroatoms. The van der Waals surface area contributed by atoms with E-state index >= 15 is 0 Å². The van der Waals surface area contributed by atoms with Crippen LogP contribution < -0.4 is 16.0 Å². The van der Waals surface area contributed by atoms with Gasteiger partial charge in [-0.25, -0.2) is 24.4 Å². The van der Waals surface area contributed by atoms with Gasteiger partial charge in [-0.2, -0.15) is 0 Å². The van der Waals surface area contributed by atoms with Gasteiger partial charge < -0.3 is 40.4 Å². The second-order valence-corrected chi connectivity index (χ2v) is 12.7. The second kappa shape index (κ2) is 26.0. The van der Waals surface area contributed by atoms with Gasteiger partial charge in [0.2, 0.25) is 5.91 Å². The van der Waals surface area contributed by atoms with Crippen molar-refractivity contribution in [3.8, 4) is 0 Å². The molecule has 51 heavy (non-hydrogen) atoms. The molecule has 2 rings (SSSR count). The SMILES string of the molecule is Cn1ccnc1CN(CCCCCCCCCCCC(=O)NCCCC[C@H](NC(=O)N[C@@H](CCC(=O)O)C(=O)O)C(=O)O)Cc1nccn1C.[Tc]. The van der Waals surface area contributed by atoms with Gasteiger partial charge in [0, 0.05) is 78.4 Å². The van der Waals surface area contributed by atoms with Crippen LogP contribution in [-0.4, -0.2) is 94.3 Å². The largest absolute Gasteiger partial charge is 0.481 e. The van der Waals surface area contributed by atoms with Gasteiger partial charge >= 0.3 is 23.9 Å². The third-order valence-corrected chi connectivity index (χ3v) is 8.55. The zero-order valence-corrected chi connectivity index (χ0v) is 31.8. The molecule has 3 amide bonds. The summed E-state index contributed by atoms with van der Waals surface area (Å²) in [5.41, 5.74) is 0. The van der Waals surface area contributed by atoms with E-state index in [1.807, 2.05) is 38.9 Å². The average Bonchev–Trinajstić information content (AvgIpc) is 3.66. The second-order valence-electron chi connectivity index (χ2n) is 12.7. The van der Waals surface area contributed by atoms with Gasteiger partial charge in [-0.15, -0.1) is 0 Å². The van der Waals surface area contributed by atoms with Crippen molar-refractivity contribution in [2.75, 3.05) is 13.1 Å². The number of nitrogens with one attached hydrogen (secondary N) is 3. The van der Waals surface area contributed by atoms with E-state index in [4.69, 9.17) is 10.2 Å². The summed E-state index contributed by atoms with van der Waals surface area (Å²) in [6, 6.07) is -3.72. The number of imidazole rings is 2. The molecule has 0 fully saturated rings. The van der Waals surface area contributed by atoms with Crippen molar-refractivity contribution in [3.05, 3.63) is 36.4 Å². The number of hydrogen-bond acceptors (Lipinski definition) is 8. The first-order chi connectivity index (χ1) is 24.0. The Morgan fingerprint density at radius 3 is 1.65 bits per heavy atom. The van der Waals surface area contributed by atoms with Gasteiger partial charge in [-0.1, -0.05) is 44.9 Å². The molecule has 0 saturated carbocycles. The smallest absolute Gasteiger partial charge is 0.326 e. The zero-order chi connectivity index (χ0) is 36.7. The number of aliphatic carboxylic acids is 3. The molecule has 2 heterocycles. The van der Waals surface area contributed by atoms with E-state index in [1.165, 1.54) is 25.7 Å². The van der Waals surface area contributed by atoms with Crippen molar-refractivity contribution in [2.24, 2.45) is 14.1 Å². The first-order valence-electron chi connectivity index (χ1n) is 17.6. The summed E-state index contributed by atoms with van der Waals surface area (Å²) in [4.78, 5) is 69.1. The van der Waals surface area contributed by atoms with Crippen molar-refractivity contribution < 1.29 is 59.4 Å². The molecule has 0 aliphatic rings. The molecule has 0 unspecified atom stereocenters. The van der Waals surface area contributed by atoms with E-state index in [0.29, 0.717) is 25.8 Å². The van der Waals surface area contributed by atoms with Gasteiger partial charge in [0.05, 0.1) is 13.1 Å². The van der Waals surface area contributed by atoms with Crippen molar-refractivity contribution >= 4 is 29.8 Å². The molecule has 2 atom stereocenters. The van der Waals surface area contributed by atoms with Crippen molar-refractivity contribution in [3.63, 3.8) is 0 Å². The van der Waals surface area contributed by atoms with Crippen molar-refractivity contribution in [1.29, 1.82) is 0 Å². The third-order valence-electron chi connectivity index (χ3n) is 8.55. The average molecular weight is 803 g/mol. The Balaban J connectivity index is 0.0000130. The quantitative estimate of drug-likeness (QED) is 0.0685. The van der Waals surface area contributed by atoms with Crippen molar-refractivity contribution in [2.45, 2.75) is 121 Å². The number of urea groups is 1. The monoisotopic (exact) mass is 801 g/mol. The van der Waals surface area contributed by atoms with Crippen LogP contribution in [0.3, 0.4) is 0 Å². The maximum absolute atomic E-state index is 12.2. The van der Waals surface area contributed by atoms with E-state index in [0.717, 1.165) is 63.4 Å². The maximum atomic E-state index is 12.2. The minimum absolute atomic E-state index is 0. The van der Waals surface area contributed by atoms with Crippen LogP contribution in [0, 0.1) is 0 Å². The molecule has 16 nitrogen and oxygen atoms in total. The predicted octanol–water partition coefficient (Wildman–Crippen LogP) is 3.41. The molecule has 0 aromatic carbocycles. The summed E-state index contributed by atoms with van der Waals surface area (Å²) in [5, 5.41) is 34.4. The van der Waals surface area contributed by atoms with Gasteiger partial charge in [0.15, 0.2) is 0 Å². The minimum Gasteiger partial charge on any atom is -0.481 e. The topological polar surface area (TPSA) is 221 Å². The Morgan fingerprint density at radius 1 is 0.686 bits per heavy atom. The van der Waals surface area contributed by atoms with Crippen LogP contribution in [0.2, 0.25) is 0 Å². The molecular weight excluding hydrogens is 746 g/mol. The van der Waals surface area contributed by atoms with Crippen LogP contribution in [0.15, 0.2) is 24.8 Å². The Morgan fingerprint density at radius 2 is 1.18 bits per heavy atom. The first-order valence-corrected chi connectivity index (χ1v) is 17.6. The van der Waals surface area contributed by atoms with E-state index in [1.54, 1.807) is 0 Å². The molecule has 6 N–H and O–H groups in total. The number of carboxylic acid groups (broad SMARTS) is 3. The summed E-state index contributed by atoms with van der Waals surface area (Å²) >= 11 is 0. The molecular formula is C34H56N8O8Tc. The fourth-order valence-corrected chi connectivity index (χ4v) is 5.50. The van der Waals surface area contributed by atoms with Gasteiger partial charge in [0.25, 0.3) is 0 Å². The van der Waals surface area contributed by atoms with Crippen LogP contribution in [0.4, 0.5) is 4.79 Å². The van der Waals surface area contributed by atoms with Gasteiger partial charge in [0.1, 0.15) is 23.7 Å². The maximum Gasteiger partial charge on any atom is 0.326 e. The van der Waals surface area contributed by atoms with E-state index in [2.05, 4.69) is 40.0 Å².